The maximum Gasteiger partial charge on any atom is 0.219 e. The van der Waals surface area contributed by atoms with Crippen molar-refractivity contribution in [3.63, 3.8) is 0 Å². The molecule has 1 heterocycles. The highest BCUT2D eigenvalue weighted by Gasteiger charge is 2.07. The van der Waals surface area contributed by atoms with Crippen LogP contribution in [0.1, 0.15) is 24.2 Å². The number of aliphatic hydroxyl groups is 1. The monoisotopic (exact) mass is 229 g/mol. The lowest BCUT2D eigenvalue weighted by molar-refractivity contribution is 0.198. The third kappa shape index (κ3) is 2.82. The minimum absolute atomic E-state index is 0.506. The van der Waals surface area contributed by atoms with Gasteiger partial charge in [0.1, 0.15) is 5.75 Å². The molecule has 88 valence electrons. The van der Waals surface area contributed by atoms with Crippen LogP contribution in [-0.4, -0.2) is 10.1 Å². The summed E-state index contributed by atoms with van der Waals surface area (Å²) in [6.07, 6.45) is 1.14. The molecule has 0 aliphatic rings. The Kier molecular flexibility index (Phi) is 3.40. The second-order valence-corrected chi connectivity index (χ2v) is 3.97. The molecule has 2 rings (SSSR count). The Balaban J connectivity index is 2.21. The quantitative estimate of drug-likeness (QED) is 0.878. The molecule has 3 nitrogen and oxygen atoms in total. The van der Waals surface area contributed by atoms with E-state index in [1.807, 2.05) is 43.3 Å². The molecule has 0 saturated carbocycles. The van der Waals surface area contributed by atoms with Crippen molar-refractivity contribution in [2.75, 3.05) is 0 Å². The molecule has 0 bridgehead atoms. The van der Waals surface area contributed by atoms with E-state index in [4.69, 9.17) is 4.74 Å². The summed E-state index contributed by atoms with van der Waals surface area (Å²) >= 11 is 0. The number of pyridine rings is 1. The van der Waals surface area contributed by atoms with Crippen LogP contribution >= 0.6 is 0 Å². The third-order valence-corrected chi connectivity index (χ3v) is 2.54. The van der Waals surface area contributed by atoms with Gasteiger partial charge >= 0.3 is 0 Å². The normalized spacial score (nSPS) is 12.2. The van der Waals surface area contributed by atoms with Crippen molar-refractivity contribution >= 4 is 0 Å². The van der Waals surface area contributed by atoms with Gasteiger partial charge in [0.15, 0.2) is 0 Å². The molecule has 1 aromatic carbocycles. The second kappa shape index (κ2) is 4.97. The highest BCUT2D eigenvalue weighted by atomic mass is 16.5. The minimum atomic E-state index is -0.506. The molecule has 0 saturated heterocycles. The first kappa shape index (κ1) is 11.6. The molecule has 1 atom stereocenters. The van der Waals surface area contributed by atoms with Gasteiger partial charge in [0.05, 0.1) is 6.10 Å². The van der Waals surface area contributed by atoms with E-state index in [1.54, 1.807) is 13.1 Å². The van der Waals surface area contributed by atoms with Crippen LogP contribution in [0, 0.1) is 6.92 Å². The zero-order chi connectivity index (χ0) is 12.3. The maximum atomic E-state index is 9.50. The lowest BCUT2D eigenvalue weighted by Crippen LogP contribution is -1.97. The van der Waals surface area contributed by atoms with Crippen LogP contribution in [0.15, 0.2) is 42.6 Å². The SMILES string of the molecule is Cc1cc(Oc2ccccc2)ncc1[C@H](C)O. The van der Waals surface area contributed by atoms with Crippen molar-refractivity contribution in [3.8, 4) is 11.6 Å². The van der Waals surface area contributed by atoms with Crippen LogP contribution in [0.3, 0.4) is 0 Å². The molecule has 1 aromatic heterocycles. The van der Waals surface area contributed by atoms with Gasteiger partial charge in [-0.3, -0.25) is 0 Å². The van der Waals surface area contributed by atoms with E-state index >= 15 is 0 Å². The zero-order valence-electron chi connectivity index (χ0n) is 9.92. The molecule has 2 aromatic rings. The van der Waals surface area contributed by atoms with E-state index < -0.39 is 6.10 Å². The Hall–Kier alpha value is -1.87. The molecule has 1 N–H and O–H groups in total. The fourth-order valence-electron chi connectivity index (χ4n) is 1.64. The number of benzene rings is 1. The Morgan fingerprint density at radius 2 is 1.94 bits per heavy atom. The molecule has 0 radical (unpaired) electrons. The van der Waals surface area contributed by atoms with E-state index in [9.17, 15) is 5.11 Å². The minimum Gasteiger partial charge on any atom is -0.439 e. The summed E-state index contributed by atoms with van der Waals surface area (Å²) in [5, 5.41) is 9.50. The number of ether oxygens (including phenoxy) is 1. The summed E-state index contributed by atoms with van der Waals surface area (Å²) in [5.41, 5.74) is 1.80. The van der Waals surface area contributed by atoms with Gasteiger partial charge in [-0.15, -0.1) is 0 Å². The number of aliphatic hydroxyl groups excluding tert-OH is 1. The van der Waals surface area contributed by atoms with Crippen LogP contribution in [0.25, 0.3) is 0 Å². The number of aryl methyl sites for hydroxylation is 1. The summed E-state index contributed by atoms with van der Waals surface area (Å²) in [7, 11) is 0. The Morgan fingerprint density at radius 3 is 2.53 bits per heavy atom. The molecule has 0 amide bonds. The van der Waals surface area contributed by atoms with Gasteiger partial charge in [-0.2, -0.15) is 0 Å². The number of hydrogen-bond acceptors (Lipinski definition) is 3. The maximum absolute atomic E-state index is 9.50. The lowest BCUT2D eigenvalue weighted by Gasteiger charge is -2.10. The van der Waals surface area contributed by atoms with Crippen LogP contribution in [-0.2, 0) is 0 Å². The number of nitrogens with zero attached hydrogens (tertiary/aromatic N) is 1. The molecule has 0 aliphatic carbocycles. The van der Waals surface area contributed by atoms with Gasteiger partial charge in [0.2, 0.25) is 5.88 Å². The second-order valence-electron chi connectivity index (χ2n) is 3.97. The average Bonchev–Trinajstić information content (AvgIpc) is 2.30. The summed E-state index contributed by atoms with van der Waals surface area (Å²) in [6.45, 7) is 3.66. The molecule has 0 unspecified atom stereocenters. The van der Waals surface area contributed by atoms with Crippen molar-refractivity contribution in [2.24, 2.45) is 0 Å². The topological polar surface area (TPSA) is 42.4 Å². The Morgan fingerprint density at radius 1 is 1.24 bits per heavy atom. The van der Waals surface area contributed by atoms with E-state index in [0.29, 0.717) is 5.88 Å². The van der Waals surface area contributed by atoms with E-state index in [1.165, 1.54) is 0 Å². The zero-order valence-corrected chi connectivity index (χ0v) is 9.92. The van der Waals surface area contributed by atoms with Crippen molar-refractivity contribution < 1.29 is 9.84 Å². The molecule has 0 aliphatic heterocycles. The molecule has 17 heavy (non-hydrogen) atoms. The third-order valence-electron chi connectivity index (χ3n) is 2.54. The fourth-order valence-corrected chi connectivity index (χ4v) is 1.64. The van der Waals surface area contributed by atoms with E-state index in [2.05, 4.69) is 4.98 Å². The number of aromatic nitrogens is 1. The van der Waals surface area contributed by atoms with Crippen molar-refractivity contribution in [3.05, 3.63) is 53.7 Å². The van der Waals surface area contributed by atoms with E-state index in [0.717, 1.165) is 16.9 Å². The highest BCUT2D eigenvalue weighted by molar-refractivity contribution is 5.32. The predicted octanol–water partition coefficient (Wildman–Crippen LogP) is 3.24. The number of para-hydroxylation sites is 1. The van der Waals surface area contributed by atoms with Crippen LogP contribution < -0.4 is 4.74 Å². The molecule has 0 spiro atoms. The fraction of sp³-hybridized carbons (Fsp3) is 0.214. The smallest absolute Gasteiger partial charge is 0.219 e. The molecule has 3 heteroatoms. The first-order valence-electron chi connectivity index (χ1n) is 5.54. The largest absolute Gasteiger partial charge is 0.439 e. The summed E-state index contributed by atoms with van der Waals surface area (Å²) in [4.78, 5) is 4.17. The van der Waals surface area contributed by atoms with Crippen LogP contribution in [0.4, 0.5) is 0 Å². The summed E-state index contributed by atoms with van der Waals surface area (Å²) in [5.74, 6) is 1.29. The van der Waals surface area contributed by atoms with Gasteiger partial charge in [0, 0.05) is 17.8 Å². The highest BCUT2D eigenvalue weighted by Crippen LogP contribution is 2.23. The Bertz CT molecular complexity index is 495. The van der Waals surface area contributed by atoms with Gasteiger partial charge in [-0.05, 0) is 31.5 Å². The van der Waals surface area contributed by atoms with Gasteiger partial charge in [-0.1, -0.05) is 18.2 Å². The number of rotatable bonds is 3. The van der Waals surface area contributed by atoms with Gasteiger partial charge < -0.3 is 9.84 Å². The van der Waals surface area contributed by atoms with Crippen molar-refractivity contribution in [2.45, 2.75) is 20.0 Å². The summed E-state index contributed by atoms with van der Waals surface area (Å²) in [6, 6.07) is 11.3. The van der Waals surface area contributed by atoms with Crippen LogP contribution in [0.5, 0.6) is 11.6 Å². The lowest BCUT2D eigenvalue weighted by atomic mass is 10.1. The van der Waals surface area contributed by atoms with Crippen molar-refractivity contribution in [1.29, 1.82) is 0 Å². The first-order valence-corrected chi connectivity index (χ1v) is 5.54. The van der Waals surface area contributed by atoms with E-state index in [-0.39, 0.29) is 0 Å². The van der Waals surface area contributed by atoms with Crippen molar-refractivity contribution in [1.82, 2.24) is 4.98 Å². The van der Waals surface area contributed by atoms with Crippen LogP contribution in [0.2, 0.25) is 0 Å². The Labute approximate surface area is 101 Å². The standard InChI is InChI=1S/C14H15NO2/c1-10-8-14(15-9-13(10)11(2)16)17-12-6-4-3-5-7-12/h3-9,11,16H,1-2H3/t11-/m0/s1. The number of hydrogen-bond donors (Lipinski definition) is 1. The molecular weight excluding hydrogens is 214 g/mol. The molecule has 0 fully saturated rings. The average molecular weight is 229 g/mol. The molecular formula is C14H15NO2. The van der Waals surface area contributed by atoms with Gasteiger partial charge in [0.25, 0.3) is 0 Å². The van der Waals surface area contributed by atoms with Gasteiger partial charge in [-0.25, -0.2) is 4.98 Å². The predicted molar refractivity (Wildman–Crippen MR) is 66.1 cm³/mol. The summed E-state index contributed by atoms with van der Waals surface area (Å²) < 4.78 is 5.60. The first-order chi connectivity index (χ1) is 8.16.